The van der Waals surface area contributed by atoms with E-state index in [0.29, 0.717) is 5.41 Å². The number of alkyl halides is 1. The van der Waals surface area contributed by atoms with Crippen LogP contribution in [-0.4, -0.2) is 5.33 Å². The maximum absolute atomic E-state index is 3.61. The van der Waals surface area contributed by atoms with Gasteiger partial charge in [0.25, 0.3) is 0 Å². The highest BCUT2D eigenvalue weighted by Gasteiger charge is 2.24. The van der Waals surface area contributed by atoms with Crippen LogP contribution in [0.4, 0.5) is 0 Å². The van der Waals surface area contributed by atoms with E-state index in [2.05, 4.69) is 35.8 Å². The highest BCUT2D eigenvalue weighted by molar-refractivity contribution is 9.09. The van der Waals surface area contributed by atoms with Gasteiger partial charge in [0, 0.05) is 20.5 Å². The fraction of sp³-hybridized carbons (Fsp3) is 0.667. The van der Waals surface area contributed by atoms with E-state index in [1.807, 2.05) is 11.3 Å². The van der Waals surface area contributed by atoms with Crippen LogP contribution in [0, 0.1) is 0 Å². The van der Waals surface area contributed by atoms with Crippen LogP contribution in [0.25, 0.3) is 0 Å². The lowest BCUT2D eigenvalue weighted by molar-refractivity contribution is 0.619. The Hall–Kier alpha value is 0.180. The minimum atomic E-state index is 0.308. The second-order valence-corrected chi connectivity index (χ2v) is 6.48. The minimum absolute atomic E-state index is 0.308. The molecule has 0 saturated carbocycles. The molecule has 0 fully saturated rings. The molecule has 1 aromatic rings. The van der Waals surface area contributed by atoms with Gasteiger partial charge in [-0.15, -0.1) is 11.3 Å². The van der Waals surface area contributed by atoms with Gasteiger partial charge in [0.2, 0.25) is 0 Å². The Labute approximate surface area is 98.9 Å². The molecule has 2 rings (SSSR count). The second-order valence-electron chi connectivity index (χ2n) is 4.78. The van der Waals surface area contributed by atoms with E-state index >= 15 is 0 Å². The van der Waals surface area contributed by atoms with Crippen molar-refractivity contribution in [3.05, 3.63) is 21.4 Å². The van der Waals surface area contributed by atoms with Gasteiger partial charge in [0.15, 0.2) is 0 Å². The summed E-state index contributed by atoms with van der Waals surface area (Å²) < 4.78 is 0. The molecular weight excluding hydrogens is 256 g/mol. The Morgan fingerprint density at radius 2 is 2.07 bits per heavy atom. The van der Waals surface area contributed by atoms with Crippen LogP contribution >= 0.6 is 27.3 Å². The Bertz CT molecular complexity index is 302. The smallest absolute Gasteiger partial charge is 0.0131 e. The molecule has 0 nitrogen and oxygen atoms in total. The largest absolute Gasteiger partial charge is 0.145 e. The van der Waals surface area contributed by atoms with Gasteiger partial charge in [0.05, 0.1) is 0 Å². The van der Waals surface area contributed by atoms with Crippen LogP contribution in [-0.2, 0) is 18.3 Å². The average molecular weight is 273 g/mol. The van der Waals surface area contributed by atoms with E-state index in [1.165, 1.54) is 25.7 Å². The summed E-state index contributed by atoms with van der Waals surface area (Å²) in [5.74, 6) is 0. The first-order chi connectivity index (χ1) is 6.63. The molecule has 0 radical (unpaired) electrons. The Morgan fingerprint density at radius 3 is 2.71 bits per heavy atom. The number of thiophene rings is 1. The van der Waals surface area contributed by atoms with Crippen LogP contribution < -0.4 is 0 Å². The molecule has 0 aromatic carbocycles. The zero-order valence-corrected chi connectivity index (χ0v) is 11.3. The summed E-state index contributed by atoms with van der Waals surface area (Å²) in [6, 6.07) is 2.44. The molecule has 1 aliphatic carbocycles. The van der Waals surface area contributed by atoms with Crippen molar-refractivity contribution >= 4 is 27.3 Å². The predicted octanol–water partition coefficient (Wildman–Crippen LogP) is 4.30. The van der Waals surface area contributed by atoms with Gasteiger partial charge >= 0.3 is 0 Å². The summed E-state index contributed by atoms with van der Waals surface area (Å²) in [5, 5.41) is 1.05. The fourth-order valence-corrected chi connectivity index (χ4v) is 3.73. The van der Waals surface area contributed by atoms with E-state index in [0.717, 1.165) is 5.33 Å². The Balaban J connectivity index is 2.32. The van der Waals surface area contributed by atoms with E-state index in [1.54, 1.807) is 15.3 Å². The molecule has 78 valence electrons. The number of hydrogen-bond donors (Lipinski definition) is 0. The first kappa shape index (κ1) is 10.7. The van der Waals surface area contributed by atoms with E-state index in [9.17, 15) is 0 Å². The monoisotopic (exact) mass is 272 g/mol. The Kier molecular flexibility index (Phi) is 3.03. The normalized spacial score (nSPS) is 16.8. The first-order valence-corrected chi connectivity index (χ1v) is 7.25. The SMILES string of the molecule is CC(C)(CBr)c1cc2c(s1)CCCC2. The molecule has 0 unspecified atom stereocenters. The van der Waals surface area contributed by atoms with Crippen molar-refractivity contribution < 1.29 is 0 Å². The third-order valence-electron chi connectivity index (χ3n) is 3.00. The van der Waals surface area contributed by atoms with Gasteiger partial charge in [-0.2, -0.15) is 0 Å². The van der Waals surface area contributed by atoms with Gasteiger partial charge in [-0.1, -0.05) is 29.8 Å². The van der Waals surface area contributed by atoms with Crippen LogP contribution in [0.15, 0.2) is 6.07 Å². The number of rotatable bonds is 2. The third kappa shape index (κ3) is 1.92. The molecule has 0 saturated heterocycles. The topological polar surface area (TPSA) is 0 Å². The van der Waals surface area contributed by atoms with Crippen molar-refractivity contribution in [2.24, 2.45) is 0 Å². The van der Waals surface area contributed by atoms with Gasteiger partial charge < -0.3 is 0 Å². The number of fused-ring (bicyclic) bond motifs is 1. The van der Waals surface area contributed by atoms with E-state index in [4.69, 9.17) is 0 Å². The van der Waals surface area contributed by atoms with E-state index in [-0.39, 0.29) is 0 Å². The first-order valence-electron chi connectivity index (χ1n) is 5.31. The molecule has 0 aliphatic heterocycles. The highest BCUT2D eigenvalue weighted by atomic mass is 79.9. The molecule has 14 heavy (non-hydrogen) atoms. The standard InChI is InChI=1S/C12H17BrS/c1-12(2,8-13)11-7-9-5-3-4-6-10(9)14-11/h7H,3-6,8H2,1-2H3. The van der Waals surface area contributed by atoms with Crippen LogP contribution in [0.3, 0.4) is 0 Å². The average Bonchev–Trinajstić information content (AvgIpc) is 2.61. The van der Waals surface area contributed by atoms with Crippen molar-refractivity contribution in [2.45, 2.75) is 44.9 Å². The number of halogens is 1. The summed E-state index contributed by atoms with van der Waals surface area (Å²) in [6.07, 6.45) is 5.40. The zero-order valence-electron chi connectivity index (χ0n) is 8.90. The van der Waals surface area contributed by atoms with Crippen LogP contribution in [0.1, 0.15) is 42.0 Å². The maximum atomic E-state index is 3.61. The Morgan fingerprint density at radius 1 is 1.36 bits per heavy atom. The predicted molar refractivity (Wildman–Crippen MR) is 67.8 cm³/mol. The summed E-state index contributed by atoms with van der Waals surface area (Å²) in [7, 11) is 0. The quantitative estimate of drug-likeness (QED) is 0.705. The van der Waals surface area contributed by atoms with Gasteiger partial charge in [-0.25, -0.2) is 0 Å². The van der Waals surface area contributed by atoms with Crippen molar-refractivity contribution in [3.63, 3.8) is 0 Å². The number of hydrogen-bond acceptors (Lipinski definition) is 1. The summed E-state index contributed by atoms with van der Waals surface area (Å²) in [4.78, 5) is 3.21. The maximum Gasteiger partial charge on any atom is 0.0131 e. The molecule has 1 aliphatic rings. The minimum Gasteiger partial charge on any atom is -0.145 e. The van der Waals surface area contributed by atoms with Crippen LogP contribution in [0.5, 0.6) is 0 Å². The summed E-state index contributed by atoms with van der Waals surface area (Å²) in [5.41, 5.74) is 1.94. The van der Waals surface area contributed by atoms with Crippen molar-refractivity contribution in [2.75, 3.05) is 5.33 Å². The lowest BCUT2D eigenvalue weighted by Gasteiger charge is -2.19. The van der Waals surface area contributed by atoms with Gasteiger partial charge in [0.1, 0.15) is 0 Å². The molecule has 0 atom stereocenters. The molecule has 0 bridgehead atoms. The fourth-order valence-electron chi connectivity index (χ4n) is 1.89. The molecule has 1 aromatic heterocycles. The van der Waals surface area contributed by atoms with Crippen molar-refractivity contribution in [1.82, 2.24) is 0 Å². The van der Waals surface area contributed by atoms with E-state index < -0.39 is 0 Å². The lowest BCUT2D eigenvalue weighted by Crippen LogP contribution is -2.16. The highest BCUT2D eigenvalue weighted by Crippen LogP contribution is 2.37. The second kappa shape index (κ2) is 3.97. The zero-order chi connectivity index (χ0) is 10.2. The van der Waals surface area contributed by atoms with Gasteiger partial charge in [-0.3, -0.25) is 0 Å². The molecule has 1 heterocycles. The van der Waals surface area contributed by atoms with Gasteiger partial charge in [-0.05, 0) is 37.3 Å². The van der Waals surface area contributed by atoms with Crippen molar-refractivity contribution in [3.8, 4) is 0 Å². The molecular formula is C12H17BrS. The third-order valence-corrected chi connectivity index (χ3v) is 6.00. The summed E-state index contributed by atoms with van der Waals surface area (Å²) >= 11 is 5.64. The molecule has 0 spiro atoms. The lowest BCUT2D eigenvalue weighted by atomic mass is 9.92. The van der Waals surface area contributed by atoms with Crippen molar-refractivity contribution in [1.29, 1.82) is 0 Å². The summed E-state index contributed by atoms with van der Waals surface area (Å²) in [6.45, 7) is 4.64. The molecule has 2 heteroatoms. The van der Waals surface area contributed by atoms with Crippen LogP contribution in [0.2, 0.25) is 0 Å². The number of aryl methyl sites for hydroxylation is 2. The molecule has 0 amide bonds. The molecule has 0 N–H and O–H groups in total.